The number of nitrogens with zero attached hydrogens (tertiary/aromatic N) is 1. The summed E-state index contributed by atoms with van der Waals surface area (Å²) < 4.78 is 6.39. The highest BCUT2D eigenvalue weighted by Gasteiger charge is 2.04. The van der Waals surface area contributed by atoms with Gasteiger partial charge in [0, 0.05) is 10.5 Å². The zero-order valence-corrected chi connectivity index (χ0v) is 11.1. The fraction of sp³-hybridized carbons (Fsp3) is 0. The van der Waals surface area contributed by atoms with Gasteiger partial charge in [-0.05, 0) is 24.3 Å². The molecule has 0 aliphatic carbocycles. The Morgan fingerprint density at radius 3 is 2.62 bits per heavy atom. The molecule has 0 radical (unpaired) electrons. The summed E-state index contributed by atoms with van der Waals surface area (Å²) in [6.45, 7) is 0. The third-order valence-corrected chi connectivity index (χ3v) is 2.80. The highest BCUT2D eigenvalue weighted by atomic mass is 79.9. The molecule has 0 aliphatic heterocycles. The lowest BCUT2D eigenvalue weighted by molar-refractivity contribution is 0.463. The second-order valence-electron chi connectivity index (χ2n) is 2.98. The summed E-state index contributed by atoms with van der Waals surface area (Å²) in [5, 5.41) is 0.891. The van der Waals surface area contributed by atoms with Crippen LogP contribution in [0.4, 0.5) is 0 Å². The number of hydrogen-bond donors (Lipinski definition) is 0. The zero-order chi connectivity index (χ0) is 11.5. The summed E-state index contributed by atoms with van der Waals surface area (Å²) in [5.74, 6) is 0.955. The van der Waals surface area contributed by atoms with E-state index in [1.54, 1.807) is 30.3 Å². The number of benzene rings is 1. The fourth-order valence-corrected chi connectivity index (χ4v) is 1.99. The van der Waals surface area contributed by atoms with Crippen LogP contribution < -0.4 is 4.74 Å². The Morgan fingerprint density at radius 2 is 1.94 bits per heavy atom. The molecule has 0 N–H and O–H groups in total. The molecule has 0 bridgehead atoms. The van der Waals surface area contributed by atoms with Gasteiger partial charge in [0.15, 0.2) is 0 Å². The van der Waals surface area contributed by atoms with E-state index in [0.29, 0.717) is 21.8 Å². The number of halogens is 3. The van der Waals surface area contributed by atoms with Crippen molar-refractivity contribution in [2.75, 3.05) is 0 Å². The lowest BCUT2D eigenvalue weighted by Gasteiger charge is -2.06. The first-order valence-electron chi connectivity index (χ1n) is 4.40. The van der Waals surface area contributed by atoms with E-state index in [9.17, 15) is 0 Å². The summed E-state index contributed by atoms with van der Waals surface area (Å²) in [4.78, 5) is 4.00. The summed E-state index contributed by atoms with van der Waals surface area (Å²) in [5.41, 5.74) is 0. The van der Waals surface area contributed by atoms with E-state index in [4.69, 9.17) is 27.9 Å². The summed E-state index contributed by atoms with van der Waals surface area (Å²) >= 11 is 15.1. The SMILES string of the molecule is Clc1cccc(Oc2ccc(Br)cc2Cl)n1. The van der Waals surface area contributed by atoms with Gasteiger partial charge in [0.05, 0.1) is 5.02 Å². The Balaban J connectivity index is 2.27. The molecule has 5 heteroatoms. The molecule has 2 rings (SSSR count). The summed E-state index contributed by atoms with van der Waals surface area (Å²) in [7, 11) is 0. The molecule has 1 aromatic carbocycles. The minimum absolute atomic E-state index is 0.380. The van der Waals surface area contributed by atoms with Gasteiger partial charge in [-0.25, -0.2) is 4.98 Å². The Bertz CT molecular complexity index is 519. The Morgan fingerprint density at radius 1 is 1.12 bits per heavy atom. The average Bonchev–Trinajstić information content (AvgIpc) is 2.22. The van der Waals surface area contributed by atoms with Crippen LogP contribution in [0.5, 0.6) is 11.6 Å². The normalized spacial score (nSPS) is 10.2. The van der Waals surface area contributed by atoms with E-state index < -0.39 is 0 Å². The van der Waals surface area contributed by atoms with Crippen molar-refractivity contribution in [1.29, 1.82) is 0 Å². The molecule has 82 valence electrons. The number of pyridine rings is 1. The largest absolute Gasteiger partial charge is 0.437 e. The number of rotatable bonds is 2. The molecule has 1 heterocycles. The predicted molar refractivity (Wildman–Crippen MR) is 68.5 cm³/mol. The number of aromatic nitrogens is 1. The fourth-order valence-electron chi connectivity index (χ4n) is 1.12. The quantitative estimate of drug-likeness (QED) is 0.731. The number of ether oxygens (including phenoxy) is 1. The molecule has 0 spiro atoms. The molecule has 0 unspecified atom stereocenters. The van der Waals surface area contributed by atoms with Gasteiger partial charge in [-0.15, -0.1) is 0 Å². The molecule has 0 atom stereocenters. The van der Waals surface area contributed by atoms with Crippen molar-refractivity contribution in [3.8, 4) is 11.6 Å². The van der Waals surface area contributed by atoms with E-state index in [1.807, 2.05) is 6.07 Å². The van der Waals surface area contributed by atoms with Crippen molar-refractivity contribution in [2.24, 2.45) is 0 Å². The smallest absolute Gasteiger partial charge is 0.220 e. The predicted octanol–water partition coefficient (Wildman–Crippen LogP) is 4.94. The van der Waals surface area contributed by atoms with E-state index in [1.165, 1.54) is 0 Å². The van der Waals surface area contributed by atoms with E-state index in [2.05, 4.69) is 20.9 Å². The maximum Gasteiger partial charge on any atom is 0.220 e. The van der Waals surface area contributed by atoms with Crippen molar-refractivity contribution in [3.63, 3.8) is 0 Å². The van der Waals surface area contributed by atoms with Crippen LogP contribution >= 0.6 is 39.1 Å². The second-order valence-corrected chi connectivity index (χ2v) is 4.69. The van der Waals surface area contributed by atoms with Gasteiger partial charge in [-0.3, -0.25) is 0 Å². The van der Waals surface area contributed by atoms with Gasteiger partial charge < -0.3 is 4.74 Å². The third-order valence-electron chi connectivity index (χ3n) is 1.80. The second kappa shape index (κ2) is 5.04. The van der Waals surface area contributed by atoms with Gasteiger partial charge in [-0.2, -0.15) is 0 Å². The Labute approximate surface area is 111 Å². The molecule has 2 aromatic rings. The van der Waals surface area contributed by atoms with Gasteiger partial charge in [-0.1, -0.05) is 45.2 Å². The highest BCUT2D eigenvalue weighted by Crippen LogP contribution is 2.31. The zero-order valence-electron chi connectivity index (χ0n) is 7.95. The highest BCUT2D eigenvalue weighted by molar-refractivity contribution is 9.10. The van der Waals surface area contributed by atoms with E-state index in [0.717, 1.165) is 4.47 Å². The number of hydrogen-bond acceptors (Lipinski definition) is 2. The maximum absolute atomic E-state index is 6.00. The monoisotopic (exact) mass is 317 g/mol. The van der Waals surface area contributed by atoms with E-state index in [-0.39, 0.29) is 0 Å². The van der Waals surface area contributed by atoms with Crippen LogP contribution in [0.3, 0.4) is 0 Å². The van der Waals surface area contributed by atoms with Crippen LogP contribution in [-0.4, -0.2) is 4.98 Å². The third kappa shape index (κ3) is 2.88. The Hall–Kier alpha value is -0.770. The molecule has 0 saturated carbocycles. The first-order chi connectivity index (χ1) is 7.65. The van der Waals surface area contributed by atoms with Crippen molar-refractivity contribution >= 4 is 39.1 Å². The minimum atomic E-state index is 0.380. The lowest BCUT2D eigenvalue weighted by Crippen LogP contribution is -1.88. The van der Waals surface area contributed by atoms with Crippen LogP contribution in [0.15, 0.2) is 40.9 Å². The molecule has 16 heavy (non-hydrogen) atoms. The maximum atomic E-state index is 6.00. The first kappa shape index (κ1) is 11.7. The molecular weight excluding hydrogens is 313 g/mol. The average molecular weight is 319 g/mol. The van der Waals surface area contributed by atoms with Crippen molar-refractivity contribution in [2.45, 2.75) is 0 Å². The van der Waals surface area contributed by atoms with Gasteiger partial charge in [0.1, 0.15) is 10.9 Å². The first-order valence-corrected chi connectivity index (χ1v) is 5.95. The molecule has 0 fully saturated rings. The topological polar surface area (TPSA) is 22.1 Å². The molecule has 0 saturated heterocycles. The lowest BCUT2D eigenvalue weighted by atomic mass is 10.3. The van der Waals surface area contributed by atoms with Crippen LogP contribution in [0, 0.1) is 0 Å². The van der Waals surface area contributed by atoms with Crippen LogP contribution in [0.1, 0.15) is 0 Å². The molecular formula is C11H6BrCl2NO. The summed E-state index contributed by atoms with van der Waals surface area (Å²) in [6.07, 6.45) is 0. The summed E-state index contributed by atoms with van der Waals surface area (Å²) in [6, 6.07) is 10.5. The molecule has 2 nitrogen and oxygen atoms in total. The van der Waals surface area contributed by atoms with Gasteiger partial charge >= 0.3 is 0 Å². The van der Waals surface area contributed by atoms with Crippen molar-refractivity contribution < 1.29 is 4.74 Å². The van der Waals surface area contributed by atoms with Gasteiger partial charge in [0.25, 0.3) is 0 Å². The minimum Gasteiger partial charge on any atom is -0.437 e. The van der Waals surface area contributed by atoms with Crippen molar-refractivity contribution in [1.82, 2.24) is 4.98 Å². The van der Waals surface area contributed by atoms with E-state index >= 15 is 0 Å². The molecule has 0 aliphatic rings. The van der Waals surface area contributed by atoms with Crippen molar-refractivity contribution in [3.05, 3.63) is 51.0 Å². The van der Waals surface area contributed by atoms with Crippen LogP contribution in [0.25, 0.3) is 0 Å². The standard InChI is InChI=1S/C11H6BrCl2NO/c12-7-4-5-9(8(13)6-7)16-11-3-1-2-10(14)15-11/h1-6H. The molecule has 0 amide bonds. The van der Waals surface area contributed by atoms with Gasteiger partial charge in [0.2, 0.25) is 5.88 Å². The Kier molecular flexibility index (Phi) is 3.69. The van der Waals surface area contributed by atoms with Crippen LogP contribution in [-0.2, 0) is 0 Å². The molecule has 1 aromatic heterocycles. The van der Waals surface area contributed by atoms with Crippen LogP contribution in [0.2, 0.25) is 10.2 Å².